The van der Waals surface area contributed by atoms with Gasteiger partial charge < -0.3 is 0 Å². The van der Waals surface area contributed by atoms with Crippen LogP contribution in [0.5, 0.6) is 0 Å². The first-order valence-electron chi connectivity index (χ1n) is 4.43. The third kappa shape index (κ3) is 2.08. The van der Waals surface area contributed by atoms with Crippen LogP contribution < -0.4 is 5.90 Å². The van der Waals surface area contributed by atoms with Crippen molar-refractivity contribution in [2.45, 2.75) is 33.3 Å². The highest BCUT2D eigenvalue weighted by Crippen LogP contribution is 2.26. The molecule has 1 aromatic rings. The number of nitrogens with two attached hydrogens (primary N) is 1. The zero-order chi connectivity index (χ0) is 10.1. The van der Waals surface area contributed by atoms with Crippen LogP contribution in [0, 0.1) is 13.8 Å². The lowest BCUT2D eigenvalue weighted by Crippen LogP contribution is -2.26. The zero-order valence-corrected chi connectivity index (χ0v) is 8.72. The molecule has 72 valence electrons. The molecule has 0 spiro atoms. The summed E-state index contributed by atoms with van der Waals surface area (Å²) >= 11 is 0. The molecule has 0 aromatic heterocycles. The number of hydrogen-bond donors (Lipinski definition) is 1. The molecule has 0 saturated carbocycles. The van der Waals surface area contributed by atoms with Gasteiger partial charge in [-0.3, -0.25) is 4.84 Å². The fourth-order valence-electron chi connectivity index (χ4n) is 1.45. The summed E-state index contributed by atoms with van der Waals surface area (Å²) in [6, 6.07) is 6.29. The SMILES string of the molecule is Cc1ccc(C)c(C(C)(C)ON)c1. The number of aryl methyl sites for hydroxylation is 2. The van der Waals surface area contributed by atoms with E-state index in [2.05, 4.69) is 32.0 Å². The number of benzene rings is 1. The minimum atomic E-state index is -0.407. The standard InChI is InChI=1S/C11H17NO/c1-8-5-6-9(2)10(7-8)11(3,4)13-12/h5-7H,12H2,1-4H3. The van der Waals surface area contributed by atoms with Gasteiger partial charge >= 0.3 is 0 Å². The van der Waals surface area contributed by atoms with E-state index in [9.17, 15) is 0 Å². The van der Waals surface area contributed by atoms with E-state index in [0.29, 0.717) is 0 Å². The maximum atomic E-state index is 5.26. The van der Waals surface area contributed by atoms with Crippen LogP contribution >= 0.6 is 0 Å². The van der Waals surface area contributed by atoms with Crippen molar-refractivity contribution in [3.05, 3.63) is 34.9 Å². The highest BCUT2D eigenvalue weighted by molar-refractivity contribution is 5.34. The molecule has 0 amide bonds. The van der Waals surface area contributed by atoms with Crippen molar-refractivity contribution < 1.29 is 4.84 Å². The summed E-state index contributed by atoms with van der Waals surface area (Å²) in [5.74, 6) is 5.26. The highest BCUT2D eigenvalue weighted by Gasteiger charge is 2.22. The summed E-state index contributed by atoms with van der Waals surface area (Å²) in [6.07, 6.45) is 0. The van der Waals surface area contributed by atoms with Gasteiger partial charge in [0.25, 0.3) is 0 Å². The lowest BCUT2D eigenvalue weighted by atomic mass is 9.92. The molecular weight excluding hydrogens is 162 g/mol. The molecule has 2 heteroatoms. The van der Waals surface area contributed by atoms with E-state index in [-0.39, 0.29) is 0 Å². The Balaban J connectivity index is 3.20. The van der Waals surface area contributed by atoms with Gasteiger partial charge in [0.2, 0.25) is 0 Å². The van der Waals surface area contributed by atoms with E-state index >= 15 is 0 Å². The van der Waals surface area contributed by atoms with Crippen LogP contribution in [0.2, 0.25) is 0 Å². The van der Waals surface area contributed by atoms with Gasteiger partial charge in [-0.25, -0.2) is 5.90 Å². The molecule has 1 rings (SSSR count). The quantitative estimate of drug-likeness (QED) is 0.708. The summed E-state index contributed by atoms with van der Waals surface area (Å²) in [5.41, 5.74) is 3.18. The molecule has 0 fully saturated rings. The normalized spacial score (nSPS) is 11.8. The van der Waals surface area contributed by atoms with Crippen LogP contribution in [-0.4, -0.2) is 0 Å². The summed E-state index contributed by atoms with van der Waals surface area (Å²) in [5, 5.41) is 0. The topological polar surface area (TPSA) is 35.2 Å². The maximum absolute atomic E-state index is 5.26. The molecular formula is C11H17NO. The molecule has 0 radical (unpaired) electrons. The minimum absolute atomic E-state index is 0.407. The molecule has 2 nitrogen and oxygen atoms in total. The van der Waals surface area contributed by atoms with Crippen LogP contribution in [0.1, 0.15) is 30.5 Å². The molecule has 1 aromatic carbocycles. The molecule has 0 bridgehead atoms. The van der Waals surface area contributed by atoms with Gasteiger partial charge in [-0.05, 0) is 38.8 Å². The molecule has 0 unspecified atom stereocenters. The molecule has 0 saturated heterocycles. The largest absolute Gasteiger partial charge is 0.294 e. The highest BCUT2D eigenvalue weighted by atomic mass is 16.6. The third-order valence-electron chi connectivity index (χ3n) is 2.34. The van der Waals surface area contributed by atoms with Crippen molar-refractivity contribution in [3.8, 4) is 0 Å². The second-order valence-electron chi connectivity index (χ2n) is 3.95. The van der Waals surface area contributed by atoms with Gasteiger partial charge in [0.15, 0.2) is 0 Å². The van der Waals surface area contributed by atoms with E-state index in [4.69, 9.17) is 10.7 Å². The van der Waals surface area contributed by atoms with Crippen LogP contribution in [-0.2, 0) is 10.4 Å². The smallest absolute Gasteiger partial charge is 0.109 e. The fraction of sp³-hybridized carbons (Fsp3) is 0.455. The molecule has 0 aliphatic heterocycles. The van der Waals surface area contributed by atoms with E-state index in [1.54, 1.807) is 0 Å². The predicted octanol–water partition coefficient (Wildman–Crippen LogP) is 2.43. The summed E-state index contributed by atoms with van der Waals surface area (Å²) < 4.78 is 0. The van der Waals surface area contributed by atoms with Gasteiger partial charge in [0.05, 0.1) is 0 Å². The van der Waals surface area contributed by atoms with Gasteiger partial charge in [-0.15, -0.1) is 0 Å². The van der Waals surface area contributed by atoms with Crippen LogP contribution in [0.25, 0.3) is 0 Å². The van der Waals surface area contributed by atoms with E-state index in [1.807, 2.05) is 13.8 Å². The lowest BCUT2D eigenvalue weighted by Gasteiger charge is -2.24. The Bertz CT molecular complexity index is 305. The predicted molar refractivity (Wildman–Crippen MR) is 54.2 cm³/mol. The average molecular weight is 179 g/mol. The average Bonchev–Trinajstić information content (AvgIpc) is 2.09. The summed E-state index contributed by atoms with van der Waals surface area (Å²) in [4.78, 5) is 4.96. The molecule has 0 aliphatic carbocycles. The van der Waals surface area contributed by atoms with Crippen molar-refractivity contribution in [2.24, 2.45) is 5.90 Å². The van der Waals surface area contributed by atoms with E-state index in [0.717, 1.165) is 5.56 Å². The number of hydrogen-bond acceptors (Lipinski definition) is 2. The molecule has 0 heterocycles. The maximum Gasteiger partial charge on any atom is 0.109 e. The van der Waals surface area contributed by atoms with Crippen LogP contribution in [0.3, 0.4) is 0 Å². The second-order valence-corrected chi connectivity index (χ2v) is 3.95. The van der Waals surface area contributed by atoms with Gasteiger partial charge in [-0.1, -0.05) is 23.8 Å². The first-order chi connectivity index (χ1) is 5.97. The van der Waals surface area contributed by atoms with Gasteiger partial charge in [0, 0.05) is 0 Å². The van der Waals surface area contributed by atoms with Crippen LogP contribution in [0.4, 0.5) is 0 Å². The zero-order valence-electron chi connectivity index (χ0n) is 8.72. The van der Waals surface area contributed by atoms with Crippen molar-refractivity contribution in [3.63, 3.8) is 0 Å². The Labute approximate surface area is 79.7 Å². The Kier molecular flexibility index (Phi) is 2.74. The second kappa shape index (κ2) is 3.48. The van der Waals surface area contributed by atoms with Crippen molar-refractivity contribution >= 4 is 0 Å². The van der Waals surface area contributed by atoms with Crippen molar-refractivity contribution in [2.75, 3.05) is 0 Å². The Morgan fingerprint density at radius 3 is 2.38 bits per heavy atom. The molecule has 0 aliphatic rings. The minimum Gasteiger partial charge on any atom is -0.294 e. The first kappa shape index (κ1) is 10.2. The van der Waals surface area contributed by atoms with Crippen molar-refractivity contribution in [1.82, 2.24) is 0 Å². The fourth-order valence-corrected chi connectivity index (χ4v) is 1.45. The van der Waals surface area contributed by atoms with Crippen LogP contribution in [0.15, 0.2) is 18.2 Å². The summed E-state index contributed by atoms with van der Waals surface area (Å²) in [7, 11) is 0. The van der Waals surface area contributed by atoms with E-state index < -0.39 is 5.60 Å². The Hall–Kier alpha value is -0.860. The third-order valence-corrected chi connectivity index (χ3v) is 2.34. The number of rotatable bonds is 2. The molecule has 2 N–H and O–H groups in total. The Morgan fingerprint density at radius 1 is 1.23 bits per heavy atom. The molecule has 13 heavy (non-hydrogen) atoms. The van der Waals surface area contributed by atoms with E-state index in [1.165, 1.54) is 11.1 Å². The summed E-state index contributed by atoms with van der Waals surface area (Å²) in [6.45, 7) is 8.06. The lowest BCUT2D eigenvalue weighted by molar-refractivity contribution is -0.0240. The molecule has 0 atom stereocenters. The van der Waals surface area contributed by atoms with Crippen molar-refractivity contribution in [1.29, 1.82) is 0 Å². The monoisotopic (exact) mass is 179 g/mol. The first-order valence-corrected chi connectivity index (χ1v) is 4.43. The van der Waals surface area contributed by atoms with Gasteiger partial charge in [0.1, 0.15) is 5.60 Å². The Morgan fingerprint density at radius 2 is 1.85 bits per heavy atom. The van der Waals surface area contributed by atoms with Gasteiger partial charge in [-0.2, -0.15) is 0 Å².